The molecule has 0 spiro atoms. The monoisotopic (exact) mass is 425 g/mol. The molecule has 2 aromatic carbocycles. The smallest absolute Gasteiger partial charge is 0.134 e. The summed E-state index contributed by atoms with van der Waals surface area (Å²) < 4.78 is 12.1. The van der Waals surface area contributed by atoms with Crippen molar-refractivity contribution in [2.24, 2.45) is 0 Å². The van der Waals surface area contributed by atoms with Crippen LogP contribution in [0.2, 0.25) is 5.02 Å². The maximum atomic E-state index is 6.16. The molecule has 0 radical (unpaired) electrons. The van der Waals surface area contributed by atoms with E-state index in [1.165, 1.54) is 0 Å². The average Bonchev–Trinajstić information content (AvgIpc) is 2.62. The highest BCUT2D eigenvalue weighted by molar-refractivity contribution is 9.10. The highest BCUT2D eigenvalue weighted by atomic mass is 79.9. The molecule has 6 heteroatoms. The van der Waals surface area contributed by atoms with Gasteiger partial charge in [-0.25, -0.2) is 0 Å². The van der Waals surface area contributed by atoms with Gasteiger partial charge in [-0.1, -0.05) is 42.0 Å². The minimum absolute atomic E-state index is 0.422. The summed E-state index contributed by atoms with van der Waals surface area (Å²) in [6.45, 7) is 3.54. The van der Waals surface area contributed by atoms with Crippen molar-refractivity contribution < 1.29 is 9.47 Å². The molecule has 126 valence electrons. The van der Waals surface area contributed by atoms with E-state index in [1.807, 2.05) is 42.5 Å². The fourth-order valence-corrected chi connectivity index (χ4v) is 3.46. The summed E-state index contributed by atoms with van der Waals surface area (Å²) in [4.78, 5) is 3.02. The van der Waals surface area contributed by atoms with Crippen LogP contribution in [0.15, 0.2) is 46.9 Å². The molecule has 1 aliphatic rings. The van der Waals surface area contributed by atoms with Crippen molar-refractivity contribution in [1.29, 1.82) is 0 Å². The van der Waals surface area contributed by atoms with Crippen LogP contribution in [0.5, 0.6) is 5.75 Å². The topological polar surface area (TPSA) is 21.7 Å². The quantitative estimate of drug-likeness (QED) is 0.661. The number of halogens is 2. The molecule has 0 atom stereocenters. The Morgan fingerprint density at radius 2 is 1.96 bits per heavy atom. The zero-order valence-corrected chi connectivity index (χ0v) is 16.2. The normalized spacial score (nSPS) is 14.5. The Hall–Kier alpha value is -1.14. The minimum Gasteiger partial charge on any atom is -0.488 e. The van der Waals surface area contributed by atoms with E-state index in [1.54, 1.807) is 0 Å². The van der Waals surface area contributed by atoms with Gasteiger partial charge in [0, 0.05) is 29.2 Å². The first-order valence-electron chi connectivity index (χ1n) is 7.68. The Kier molecular flexibility index (Phi) is 6.11. The standard InChI is InChI=1S/C18H17BrClNO2S/c19-15-11-13(18(24)21-7-9-22-10-8-21)5-6-17(15)23-12-14-3-1-2-4-16(14)20/h1-6,11H,7-10,12H2. The molecular weight excluding hydrogens is 410 g/mol. The van der Waals surface area contributed by atoms with Gasteiger partial charge >= 0.3 is 0 Å². The lowest BCUT2D eigenvalue weighted by Crippen LogP contribution is -2.40. The van der Waals surface area contributed by atoms with Crippen LogP contribution in [0, 0.1) is 0 Å². The van der Waals surface area contributed by atoms with Crippen LogP contribution in [-0.2, 0) is 11.3 Å². The van der Waals surface area contributed by atoms with E-state index in [0.29, 0.717) is 11.6 Å². The first kappa shape index (κ1) is 17.7. The van der Waals surface area contributed by atoms with Gasteiger partial charge in [0.2, 0.25) is 0 Å². The summed E-state index contributed by atoms with van der Waals surface area (Å²) in [6.07, 6.45) is 0. The second-order valence-corrected chi connectivity index (χ2v) is 7.08. The summed E-state index contributed by atoms with van der Waals surface area (Å²) in [7, 11) is 0. The van der Waals surface area contributed by atoms with Crippen LogP contribution in [0.1, 0.15) is 11.1 Å². The van der Waals surface area contributed by atoms with Gasteiger partial charge in [0.1, 0.15) is 17.3 Å². The van der Waals surface area contributed by atoms with Crippen LogP contribution < -0.4 is 4.74 Å². The van der Waals surface area contributed by atoms with Crippen molar-refractivity contribution in [3.05, 3.63) is 63.1 Å². The highest BCUT2D eigenvalue weighted by Gasteiger charge is 2.16. The Morgan fingerprint density at radius 3 is 2.67 bits per heavy atom. The summed E-state index contributed by atoms with van der Waals surface area (Å²) in [5, 5.41) is 0.707. The molecule has 24 heavy (non-hydrogen) atoms. The third kappa shape index (κ3) is 4.28. The lowest BCUT2D eigenvalue weighted by Gasteiger charge is -2.29. The van der Waals surface area contributed by atoms with Gasteiger partial charge in [-0.3, -0.25) is 0 Å². The molecule has 1 heterocycles. The first-order chi connectivity index (χ1) is 11.6. The third-order valence-corrected chi connectivity index (χ3v) is 5.30. The van der Waals surface area contributed by atoms with Gasteiger partial charge < -0.3 is 14.4 Å². The van der Waals surface area contributed by atoms with Gasteiger partial charge in [0.15, 0.2) is 0 Å². The summed E-state index contributed by atoms with van der Waals surface area (Å²) >= 11 is 15.3. The molecule has 0 aliphatic carbocycles. The van der Waals surface area contributed by atoms with Crippen LogP contribution in [0.3, 0.4) is 0 Å². The molecule has 0 aromatic heterocycles. The Balaban J connectivity index is 1.68. The lowest BCUT2D eigenvalue weighted by atomic mass is 10.2. The van der Waals surface area contributed by atoms with Gasteiger partial charge in [0.25, 0.3) is 0 Å². The van der Waals surface area contributed by atoms with Crippen LogP contribution in [0.25, 0.3) is 0 Å². The van der Waals surface area contributed by atoms with Crippen LogP contribution >= 0.6 is 39.7 Å². The fourth-order valence-electron chi connectivity index (χ4n) is 2.47. The summed E-state index contributed by atoms with van der Waals surface area (Å²) in [6, 6.07) is 13.6. The summed E-state index contributed by atoms with van der Waals surface area (Å²) in [5.74, 6) is 0.767. The van der Waals surface area contributed by atoms with Crippen molar-refractivity contribution >= 4 is 44.7 Å². The molecule has 2 aromatic rings. The second kappa shape index (κ2) is 8.30. The average molecular weight is 427 g/mol. The number of hydrogen-bond acceptors (Lipinski definition) is 3. The molecule has 0 bridgehead atoms. The zero-order valence-electron chi connectivity index (χ0n) is 13.0. The number of hydrogen-bond donors (Lipinski definition) is 0. The number of ether oxygens (including phenoxy) is 2. The van der Waals surface area contributed by atoms with Crippen molar-refractivity contribution in [2.45, 2.75) is 6.61 Å². The number of morpholine rings is 1. The van der Waals surface area contributed by atoms with Gasteiger partial charge in [-0.15, -0.1) is 0 Å². The van der Waals surface area contributed by atoms with Crippen LogP contribution in [-0.4, -0.2) is 36.2 Å². The molecule has 3 rings (SSSR count). The van der Waals surface area contributed by atoms with E-state index in [-0.39, 0.29) is 0 Å². The highest BCUT2D eigenvalue weighted by Crippen LogP contribution is 2.28. The van der Waals surface area contributed by atoms with Crippen molar-refractivity contribution in [3.63, 3.8) is 0 Å². The number of nitrogens with zero attached hydrogens (tertiary/aromatic N) is 1. The molecule has 0 amide bonds. The number of thiocarbonyl (C=S) groups is 1. The molecule has 0 unspecified atom stereocenters. The minimum atomic E-state index is 0.422. The largest absolute Gasteiger partial charge is 0.488 e. The molecule has 3 nitrogen and oxygen atoms in total. The maximum Gasteiger partial charge on any atom is 0.134 e. The number of rotatable bonds is 4. The van der Waals surface area contributed by atoms with Crippen molar-refractivity contribution in [3.8, 4) is 5.75 Å². The van der Waals surface area contributed by atoms with Crippen molar-refractivity contribution in [1.82, 2.24) is 4.90 Å². The van der Waals surface area contributed by atoms with Crippen LogP contribution in [0.4, 0.5) is 0 Å². The maximum absolute atomic E-state index is 6.16. The predicted molar refractivity (Wildman–Crippen MR) is 104 cm³/mol. The van der Waals surface area contributed by atoms with E-state index in [4.69, 9.17) is 33.3 Å². The summed E-state index contributed by atoms with van der Waals surface area (Å²) in [5.41, 5.74) is 1.96. The van der Waals surface area contributed by atoms with E-state index < -0.39 is 0 Å². The van der Waals surface area contributed by atoms with Crippen molar-refractivity contribution in [2.75, 3.05) is 26.3 Å². The van der Waals surface area contributed by atoms with E-state index in [9.17, 15) is 0 Å². The second-order valence-electron chi connectivity index (χ2n) is 5.43. The third-order valence-electron chi connectivity index (χ3n) is 3.82. The lowest BCUT2D eigenvalue weighted by molar-refractivity contribution is 0.0693. The molecule has 1 saturated heterocycles. The molecule has 0 N–H and O–H groups in total. The predicted octanol–water partition coefficient (Wildman–Crippen LogP) is 4.69. The molecule has 1 fully saturated rings. The Labute approximate surface area is 160 Å². The first-order valence-corrected chi connectivity index (χ1v) is 9.26. The van der Waals surface area contributed by atoms with E-state index in [2.05, 4.69) is 20.8 Å². The zero-order chi connectivity index (χ0) is 16.9. The van der Waals surface area contributed by atoms with Gasteiger partial charge in [-0.2, -0.15) is 0 Å². The fraction of sp³-hybridized carbons (Fsp3) is 0.278. The Bertz CT molecular complexity index is 735. The van der Waals surface area contributed by atoms with Gasteiger partial charge in [0.05, 0.1) is 17.7 Å². The molecule has 1 aliphatic heterocycles. The van der Waals surface area contributed by atoms with Gasteiger partial charge in [-0.05, 0) is 40.2 Å². The van der Waals surface area contributed by atoms with E-state index in [0.717, 1.165) is 52.6 Å². The van der Waals surface area contributed by atoms with E-state index >= 15 is 0 Å². The molecular formula is C18H17BrClNO2S. The Morgan fingerprint density at radius 1 is 1.21 bits per heavy atom. The molecule has 0 saturated carbocycles. The SMILES string of the molecule is S=C(c1ccc(OCc2ccccc2Cl)c(Br)c1)N1CCOCC1. The number of benzene rings is 2.